The summed E-state index contributed by atoms with van der Waals surface area (Å²) in [4.78, 5) is 15.8. The quantitative estimate of drug-likeness (QED) is 0.823. The Morgan fingerprint density at radius 2 is 2.17 bits per heavy atom. The molecule has 0 bridgehead atoms. The highest BCUT2D eigenvalue weighted by atomic mass is 16.4. The molecule has 0 fully saturated rings. The number of carboxylic acids is 1. The van der Waals surface area contributed by atoms with E-state index in [9.17, 15) is 4.79 Å². The van der Waals surface area contributed by atoms with Crippen LogP contribution >= 0.6 is 0 Å². The van der Waals surface area contributed by atoms with Crippen LogP contribution in [0.4, 0.5) is 0 Å². The first kappa shape index (κ1) is 12.6. The Balaban J connectivity index is 1.94. The number of benzene rings is 1. The summed E-state index contributed by atoms with van der Waals surface area (Å²) in [5.41, 5.74) is 2.40. The van der Waals surface area contributed by atoms with Gasteiger partial charge in [-0.1, -0.05) is 18.2 Å². The van der Waals surface area contributed by atoms with Crippen LogP contribution in [-0.4, -0.2) is 34.6 Å². The predicted molar refractivity (Wildman–Crippen MR) is 71.5 cm³/mol. The fourth-order valence-corrected chi connectivity index (χ4v) is 2.13. The van der Waals surface area contributed by atoms with Gasteiger partial charge in [-0.3, -0.25) is 4.79 Å². The predicted octanol–water partition coefficient (Wildman–Crippen LogP) is 2.46. The number of aliphatic carboxylic acids is 1. The molecular formula is C14H18N2O2. The van der Waals surface area contributed by atoms with Crippen molar-refractivity contribution in [3.8, 4) is 0 Å². The number of hydrogen-bond donors (Lipinski definition) is 2. The van der Waals surface area contributed by atoms with Crippen LogP contribution in [0.15, 0.2) is 30.5 Å². The van der Waals surface area contributed by atoms with Gasteiger partial charge in [-0.05, 0) is 31.6 Å². The third kappa shape index (κ3) is 3.11. The Kier molecular flexibility index (Phi) is 3.99. The van der Waals surface area contributed by atoms with Crippen molar-refractivity contribution in [1.29, 1.82) is 0 Å². The van der Waals surface area contributed by atoms with Crippen molar-refractivity contribution in [2.75, 3.05) is 13.6 Å². The Bertz CT molecular complexity index is 533. The minimum Gasteiger partial charge on any atom is -0.481 e. The molecule has 2 N–H and O–H groups in total. The Morgan fingerprint density at radius 3 is 2.94 bits per heavy atom. The molecule has 0 aliphatic carbocycles. The molecule has 0 spiro atoms. The van der Waals surface area contributed by atoms with Gasteiger partial charge in [0, 0.05) is 30.1 Å². The van der Waals surface area contributed by atoms with Gasteiger partial charge in [-0.2, -0.15) is 0 Å². The highest BCUT2D eigenvalue weighted by Crippen LogP contribution is 2.18. The van der Waals surface area contributed by atoms with Gasteiger partial charge in [0.05, 0.1) is 0 Å². The fraction of sp³-hybridized carbons (Fsp3) is 0.357. The van der Waals surface area contributed by atoms with Crippen molar-refractivity contribution in [3.05, 3.63) is 36.0 Å². The van der Waals surface area contributed by atoms with E-state index in [-0.39, 0.29) is 6.42 Å². The van der Waals surface area contributed by atoms with Crippen molar-refractivity contribution in [3.63, 3.8) is 0 Å². The molecule has 1 aromatic carbocycles. The van der Waals surface area contributed by atoms with E-state index in [0.717, 1.165) is 18.6 Å². The summed E-state index contributed by atoms with van der Waals surface area (Å²) >= 11 is 0. The van der Waals surface area contributed by atoms with Crippen LogP contribution in [0.2, 0.25) is 0 Å². The van der Waals surface area contributed by atoms with Crippen molar-refractivity contribution in [2.24, 2.45) is 0 Å². The number of H-pyrrole nitrogens is 1. The maximum Gasteiger partial charge on any atom is 0.303 e. The van der Waals surface area contributed by atoms with Gasteiger partial charge >= 0.3 is 5.97 Å². The lowest BCUT2D eigenvalue weighted by Crippen LogP contribution is -2.19. The van der Waals surface area contributed by atoms with E-state index in [1.165, 1.54) is 10.9 Å². The third-order valence-electron chi connectivity index (χ3n) is 3.05. The standard InChI is InChI=1S/C14H18N2O2/c1-16(8-4-7-14(17)18)10-11-9-15-13-6-3-2-5-12(11)13/h2-3,5-6,9,15H,4,7-8,10H2,1H3,(H,17,18). The van der Waals surface area contributed by atoms with Crippen LogP contribution in [0.1, 0.15) is 18.4 Å². The first-order chi connectivity index (χ1) is 8.66. The number of carbonyl (C=O) groups is 1. The second kappa shape index (κ2) is 5.69. The average Bonchev–Trinajstić information content (AvgIpc) is 2.72. The Morgan fingerprint density at radius 1 is 1.39 bits per heavy atom. The summed E-state index contributed by atoms with van der Waals surface area (Å²) in [5, 5.41) is 9.84. The smallest absolute Gasteiger partial charge is 0.303 e. The van der Waals surface area contributed by atoms with Crippen LogP contribution in [0.25, 0.3) is 10.9 Å². The Hall–Kier alpha value is -1.81. The lowest BCUT2D eigenvalue weighted by molar-refractivity contribution is -0.137. The summed E-state index contributed by atoms with van der Waals surface area (Å²) < 4.78 is 0. The van der Waals surface area contributed by atoms with Gasteiger partial charge in [0.15, 0.2) is 0 Å². The molecule has 1 aromatic heterocycles. The van der Waals surface area contributed by atoms with Crippen molar-refractivity contribution < 1.29 is 9.90 Å². The molecule has 2 rings (SSSR count). The van der Waals surface area contributed by atoms with Gasteiger partial charge in [0.2, 0.25) is 0 Å². The monoisotopic (exact) mass is 246 g/mol. The van der Waals surface area contributed by atoms with Crippen molar-refractivity contribution in [2.45, 2.75) is 19.4 Å². The molecule has 1 heterocycles. The number of aromatic nitrogens is 1. The maximum absolute atomic E-state index is 10.4. The number of fused-ring (bicyclic) bond motifs is 1. The van der Waals surface area contributed by atoms with E-state index < -0.39 is 5.97 Å². The number of nitrogens with zero attached hydrogens (tertiary/aromatic N) is 1. The maximum atomic E-state index is 10.4. The molecule has 0 aliphatic rings. The van der Waals surface area contributed by atoms with E-state index in [1.54, 1.807) is 0 Å². The van der Waals surface area contributed by atoms with Crippen LogP contribution in [0, 0.1) is 0 Å². The molecule has 4 nitrogen and oxygen atoms in total. The molecule has 0 amide bonds. The summed E-state index contributed by atoms with van der Waals surface area (Å²) in [5.74, 6) is -0.726. The first-order valence-corrected chi connectivity index (χ1v) is 6.12. The van der Waals surface area contributed by atoms with Crippen molar-refractivity contribution >= 4 is 16.9 Å². The van der Waals surface area contributed by atoms with Crippen LogP contribution in [-0.2, 0) is 11.3 Å². The van der Waals surface area contributed by atoms with Gasteiger partial charge in [0.25, 0.3) is 0 Å². The number of aromatic amines is 1. The van der Waals surface area contributed by atoms with Gasteiger partial charge < -0.3 is 15.0 Å². The Labute approximate surface area is 106 Å². The molecule has 0 unspecified atom stereocenters. The zero-order valence-electron chi connectivity index (χ0n) is 10.5. The molecule has 0 saturated heterocycles. The van der Waals surface area contributed by atoms with Crippen LogP contribution in [0.5, 0.6) is 0 Å². The minimum absolute atomic E-state index is 0.234. The summed E-state index contributed by atoms with van der Waals surface area (Å²) in [6, 6.07) is 8.21. The second-order valence-corrected chi connectivity index (χ2v) is 4.59. The lowest BCUT2D eigenvalue weighted by Gasteiger charge is -2.15. The van der Waals surface area contributed by atoms with Gasteiger partial charge in [-0.15, -0.1) is 0 Å². The topological polar surface area (TPSA) is 56.3 Å². The van der Waals surface area contributed by atoms with E-state index in [1.807, 2.05) is 25.4 Å². The summed E-state index contributed by atoms with van der Waals surface area (Å²) in [7, 11) is 2.02. The zero-order valence-corrected chi connectivity index (χ0v) is 10.5. The zero-order chi connectivity index (χ0) is 13.0. The largest absolute Gasteiger partial charge is 0.481 e. The highest BCUT2D eigenvalue weighted by Gasteiger charge is 2.06. The van der Waals surface area contributed by atoms with Gasteiger partial charge in [0.1, 0.15) is 0 Å². The number of hydrogen-bond acceptors (Lipinski definition) is 2. The molecule has 18 heavy (non-hydrogen) atoms. The molecule has 0 atom stereocenters. The first-order valence-electron chi connectivity index (χ1n) is 6.12. The highest BCUT2D eigenvalue weighted by molar-refractivity contribution is 5.82. The van der Waals surface area contributed by atoms with E-state index in [0.29, 0.717) is 6.42 Å². The van der Waals surface area contributed by atoms with Crippen LogP contribution < -0.4 is 0 Å². The van der Waals surface area contributed by atoms with E-state index >= 15 is 0 Å². The average molecular weight is 246 g/mol. The van der Waals surface area contributed by atoms with Crippen LogP contribution in [0.3, 0.4) is 0 Å². The molecule has 0 radical (unpaired) electrons. The SMILES string of the molecule is CN(CCCC(=O)O)Cc1c[nH]c2ccccc12. The minimum atomic E-state index is -0.726. The lowest BCUT2D eigenvalue weighted by atomic mass is 10.1. The van der Waals surface area contributed by atoms with Gasteiger partial charge in [-0.25, -0.2) is 0 Å². The molecule has 2 aromatic rings. The van der Waals surface area contributed by atoms with E-state index in [4.69, 9.17) is 5.11 Å². The second-order valence-electron chi connectivity index (χ2n) is 4.59. The number of carboxylic acid groups (broad SMARTS) is 1. The summed E-state index contributed by atoms with van der Waals surface area (Å²) in [6.07, 6.45) is 2.95. The third-order valence-corrected chi connectivity index (χ3v) is 3.05. The fourth-order valence-electron chi connectivity index (χ4n) is 2.13. The molecule has 96 valence electrons. The van der Waals surface area contributed by atoms with Crippen molar-refractivity contribution in [1.82, 2.24) is 9.88 Å². The molecule has 0 aliphatic heterocycles. The molecular weight excluding hydrogens is 228 g/mol. The molecule has 0 saturated carbocycles. The summed E-state index contributed by atoms with van der Waals surface area (Å²) in [6.45, 7) is 1.63. The normalized spacial score (nSPS) is 11.2. The molecule has 4 heteroatoms. The number of nitrogens with one attached hydrogen (secondary N) is 1. The number of rotatable bonds is 6. The number of para-hydroxylation sites is 1. The van der Waals surface area contributed by atoms with E-state index in [2.05, 4.69) is 22.0 Å².